The average molecular weight is 333 g/mol. The van der Waals surface area contributed by atoms with Gasteiger partial charge in [0, 0.05) is 25.4 Å². The Morgan fingerprint density at radius 3 is 2.96 bits per heavy atom. The standard InChI is InChI=1S/C21H23N3O/c1-14-7-8-15(2)17(11-14)13-22-21(25)16-9-10-24-19-6-4-3-5-18(19)23-20(24)12-16/h3-8,11,16H,9-10,12-13H2,1-2H3,(H,22,25)/t16-/m0/s1. The fourth-order valence-electron chi connectivity index (χ4n) is 3.68. The van der Waals surface area contributed by atoms with E-state index in [1.165, 1.54) is 22.2 Å². The number of para-hydroxylation sites is 2. The van der Waals surface area contributed by atoms with Gasteiger partial charge in [0.2, 0.25) is 5.91 Å². The number of hydrogen-bond donors (Lipinski definition) is 1. The van der Waals surface area contributed by atoms with Crippen LogP contribution in [0.15, 0.2) is 42.5 Å². The van der Waals surface area contributed by atoms with E-state index in [-0.39, 0.29) is 11.8 Å². The van der Waals surface area contributed by atoms with Crippen molar-refractivity contribution in [3.63, 3.8) is 0 Å². The molecule has 0 saturated carbocycles. The van der Waals surface area contributed by atoms with Gasteiger partial charge in [0.05, 0.1) is 11.0 Å². The molecule has 1 aliphatic rings. The van der Waals surface area contributed by atoms with Gasteiger partial charge in [-0.3, -0.25) is 4.79 Å². The van der Waals surface area contributed by atoms with Crippen molar-refractivity contribution < 1.29 is 4.79 Å². The highest BCUT2D eigenvalue weighted by Gasteiger charge is 2.26. The zero-order valence-electron chi connectivity index (χ0n) is 14.7. The minimum atomic E-state index is 0.00873. The Morgan fingerprint density at radius 2 is 2.08 bits per heavy atom. The predicted octanol–water partition coefficient (Wildman–Crippen LogP) is 3.53. The Labute approximate surface area is 147 Å². The third-order valence-electron chi connectivity index (χ3n) is 5.19. The number of imidazole rings is 1. The van der Waals surface area contributed by atoms with E-state index in [4.69, 9.17) is 4.98 Å². The summed E-state index contributed by atoms with van der Waals surface area (Å²) in [5.74, 6) is 1.17. The van der Waals surface area contributed by atoms with Crippen LogP contribution in [0.1, 0.15) is 28.9 Å². The van der Waals surface area contributed by atoms with Gasteiger partial charge in [-0.05, 0) is 43.5 Å². The number of aryl methyl sites for hydroxylation is 3. The largest absolute Gasteiger partial charge is 0.352 e. The highest BCUT2D eigenvalue weighted by atomic mass is 16.1. The minimum Gasteiger partial charge on any atom is -0.352 e. The summed E-state index contributed by atoms with van der Waals surface area (Å²) >= 11 is 0. The van der Waals surface area contributed by atoms with Gasteiger partial charge in [0.1, 0.15) is 5.82 Å². The van der Waals surface area contributed by atoms with Crippen molar-refractivity contribution in [2.24, 2.45) is 5.92 Å². The van der Waals surface area contributed by atoms with E-state index >= 15 is 0 Å². The number of hydrogen-bond acceptors (Lipinski definition) is 2. The van der Waals surface area contributed by atoms with E-state index in [0.29, 0.717) is 13.0 Å². The second-order valence-corrected chi connectivity index (χ2v) is 7.01. The Morgan fingerprint density at radius 1 is 1.24 bits per heavy atom. The minimum absolute atomic E-state index is 0.00873. The maximum Gasteiger partial charge on any atom is 0.223 e. The second kappa shape index (κ2) is 6.36. The lowest BCUT2D eigenvalue weighted by Gasteiger charge is -2.23. The van der Waals surface area contributed by atoms with Crippen LogP contribution in [0.4, 0.5) is 0 Å². The topological polar surface area (TPSA) is 46.9 Å². The molecule has 1 atom stereocenters. The predicted molar refractivity (Wildman–Crippen MR) is 99.3 cm³/mol. The average Bonchev–Trinajstić information content (AvgIpc) is 3.00. The second-order valence-electron chi connectivity index (χ2n) is 7.01. The van der Waals surface area contributed by atoms with Crippen LogP contribution in [-0.2, 0) is 24.3 Å². The number of carbonyl (C=O) groups is 1. The number of nitrogens with zero attached hydrogens (tertiary/aromatic N) is 2. The molecule has 0 radical (unpaired) electrons. The summed E-state index contributed by atoms with van der Waals surface area (Å²) in [6, 6.07) is 14.6. The molecule has 0 fully saturated rings. The summed E-state index contributed by atoms with van der Waals surface area (Å²) in [5, 5.41) is 3.13. The molecule has 2 aromatic carbocycles. The molecule has 25 heavy (non-hydrogen) atoms. The molecular weight excluding hydrogens is 310 g/mol. The molecule has 1 N–H and O–H groups in total. The summed E-state index contributed by atoms with van der Waals surface area (Å²) in [5.41, 5.74) is 5.83. The molecular formula is C21H23N3O. The van der Waals surface area contributed by atoms with E-state index in [0.717, 1.165) is 24.3 Å². The van der Waals surface area contributed by atoms with Crippen LogP contribution in [-0.4, -0.2) is 15.5 Å². The first kappa shape index (κ1) is 15.9. The molecule has 0 spiro atoms. The number of nitrogens with one attached hydrogen (secondary N) is 1. The smallest absolute Gasteiger partial charge is 0.223 e. The van der Waals surface area contributed by atoms with E-state index in [1.54, 1.807) is 0 Å². The van der Waals surface area contributed by atoms with Gasteiger partial charge < -0.3 is 9.88 Å². The SMILES string of the molecule is Cc1ccc(C)c(CNC(=O)[C@H]2CCn3c(nc4ccccc43)C2)c1. The number of aromatic nitrogens is 2. The lowest BCUT2D eigenvalue weighted by atomic mass is 9.96. The van der Waals surface area contributed by atoms with Crippen LogP contribution in [0.3, 0.4) is 0 Å². The quantitative estimate of drug-likeness (QED) is 0.797. The molecule has 1 aliphatic heterocycles. The molecule has 128 valence electrons. The van der Waals surface area contributed by atoms with E-state index < -0.39 is 0 Å². The summed E-state index contributed by atoms with van der Waals surface area (Å²) in [7, 11) is 0. The monoisotopic (exact) mass is 333 g/mol. The molecule has 3 aromatic rings. The molecule has 0 saturated heterocycles. The maximum atomic E-state index is 12.6. The van der Waals surface area contributed by atoms with Gasteiger partial charge in [-0.2, -0.15) is 0 Å². The van der Waals surface area contributed by atoms with Crippen molar-refractivity contribution in [3.05, 3.63) is 65.0 Å². The number of rotatable bonds is 3. The molecule has 4 nitrogen and oxygen atoms in total. The molecule has 0 bridgehead atoms. The third-order valence-corrected chi connectivity index (χ3v) is 5.19. The number of carbonyl (C=O) groups excluding carboxylic acids is 1. The number of fused-ring (bicyclic) bond motifs is 3. The van der Waals surface area contributed by atoms with Gasteiger partial charge in [-0.25, -0.2) is 4.98 Å². The van der Waals surface area contributed by atoms with Gasteiger partial charge in [0.15, 0.2) is 0 Å². The van der Waals surface area contributed by atoms with Crippen LogP contribution in [0, 0.1) is 19.8 Å². The zero-order valence-corrected chi connectivity index (χ0v) is 14.7. The molecule has 0 aliphatic carbocycles. The fourth-order valence-corrected chi connectivity index (χ4v) is 3.68. The Bertz CT molecular complexity index is 941. The number of amides is 1. The van der Waals surface area contributed by atoms with Gasteiger partial charge in [-0.15, -0.1) is 0 Å². The molecule has 0 unspecified atom stereocenters. The molecule has 2 heterocycles. The van der Waals surface area contributed by atoms with Crippen molar-refractivity contribution in [1.29, 1.82) is 0 Å². The van der Waals surface area contributed by atoms with E-state index in [2.05, 4.69) is 48.0 Å². The summed E-state index contributed by atoms with van der Waals surface area (Å²) in [4.78, 5) is 17.4. The summed E-state index contributed by atoms with van der Waals surface area (Å²) < 4.78 is 2.25. The third kappa shape index (κ3) is 3.04. The van der Waals surface area contributed by atoms with Crippen molar-refractivity contribution >= 4 is 16.9 Å². The van der Waals surface area contributed by atoms with Crippen LogP contribution in [0.2, 0.25) is 0 Å². The first-order valence-electron chi connectivity index (χ1n) is 8.90. The van der Waals surface area contributed by atoms with Crippen molar-refractivity contribution in [3.8, 4) is 0 Å². The highest BCUT2D eigenvalue weighted by Crippen LogP contribution is 2.25. The first-order chi connectivity index (χ1) is 12.1. The maximum absolute atomic E-state index is 12.6. The normalized spacial score (nSPS) is 16.6. The highest BCUT2D eigenvalue weighted by molar-refractivity contribution is 5.80. The first-order valence-corrected chi connectivity index (χ1v) is 8.90. The summed E-state index contributed by atoms with van der Waals surface area (Å²) in [6.45, 7) is 5.62. The lowest BCUT2D eigenvalue weighted by molar-refractivity contribution is -0.125. The summed E-state index contributed by atoms with van der Waals surface area (Å²) in [6.07, 6.45) is 1.58. The van der Waals surface area contributed by atoms with Crippen LogP contribution in [0.25, 0.3) is 11.0 Å². The van der Waals surface area contributed by atoms with Crippen molar-refractivity contribution in [2.45, 2.75) is 39.8 Å². The Balaban J connectivity index is 1.46. The van der Waals surface area contributed by atoms with E-state index in [9.17, 15) is 4.79 Å². The van der Waals surface area contributed by atoms with Gasteiger partial charge in [0.25, 0.3) is 0 Å². The van der Waals surface area contributed by atoms with Crippen LogP contribution < -0.4 is 5.32 Å². The Kier molecular flexibility index (Phi) is 4.04. The molecule has 4 heteroatoms. The van der Waals surface area contributed by atoms with E-state index in [1.807, 2.05) is 18.2 Å². The number of benzene rings is 2. The van der Waals surface area contributed by atoms with Crippen LogP contribution >= 0.6 is 0 Å². The fraction of sp³-hybridized carbons (Fsp3) is 0.333. The molecule has 1 amide bonds. The zero-order chi connectivity index (χ0) is 17.4. The lowest BCUT2D eigenvalue weighted by Crippen LogP contribution is -2.35. The van der Waals surface area contributed by atoms with Gasteiger partial charge in [-0.1, -0.05) is 35.9 Å². The van der Waals surface area contributed by atoms with Crippen LogP contribution in [0.5, 0.6) is 0 Å². The van der Waals surface area contributed by atoms with Gasteiger partial charge >= 0.3 is 0 Å². The molecule has 1 aromatic heterocycles. The van der Waals surface area contributed by atoms with Crippen molar-refractivity contribution in [1.82, 2.24) is 14.9 Å². The Hall–Kier alpha value is -2.62. The molecule has 4 rings (SSSR count). The van der Waals surface area contributed by atoms with Crippen molar-refractivity contribution in [2.75, 3.05) is 0 Å².